The Bertz CT molecular complexity index is 1680. The van der Waals surface area contributed by atoms with Crippen molar-refractivity contribution in [2.24, 2.45) is 0 Å². The molecule has 5 rings (SSSR count). The Morgan fingerprint density at radius 1 is 1.05 bits per heavy atom. The van der Waals surface area contributed by atoms with E-state index in [0.29, 0.717) is 35.0 Å². The SMILES string of the molecule is CCc1ncnc(C2CC2)c1-c1ncc2nc(NCc3ccc(S(=O)(=O)CC)cn3)c(=O)n([C@@H](C)CC)c2n1. The zero-order chi connectivity index (χ0) is 27.7. The second-order valence-electron chi connectivity index (χ2n) is 9.75. The predicted octanol–water partition coefficient (Wildman–Crippen LogP) is 3.86. The monoisotopic (exact) mass is 548 g/mol. The van der Waals surface area contributed by atoms with Gasteiger partial charge in [-0.15, -0.1) is 0 Å². The van der Waals surface area contributed by atoms with E-state index in [1.807, 2.05) is 20.8 Å². The van der Waals surface area contributed by atoms with Gasteiger partial charge < -0.3 is 5.32 Å². The van der Waals surface area contributed by atoms with Gasteiger partial charge in [0.15, 0.2) is 27.1 Å². The molecule has 11 nitrogen and oxygen atoms in total. The maximum atomic E-state index is 13.6. The van der Waals surface area contributed by atoms with Crippen molar-refractivity contribution in [3.8, 4) is 11.4 Å². The van der Waals surface area contributed by atoms with E-state index in [2.05, 4.69) is 30.2 Å². The molecule has 0 unspecified atom stereocenters. The number of anilines is 1. The van der Waals surface area contributed by atoms with Crippen LogP contribution in [0.4, 0.5) is 5.82 Å². The molecule has 4 heterocycles. The number of nitrogens with one attached hydrogen (secondary N) is 1. The average Bonchev–Trinajstić information content (AvgIpc) is 3.81. The fraction of sp³-hybridized carbons (Fsp3) is 0.444. The molecule has 0 spiro atoms. The Labute approximate surface area is 227 Å². The van der Waals surface area contributed by atoms with Crippen molar-refractivity contribution in [2.45, 2.75) is 76.8 Å². The average molecular weight is 549 g/mol. The number of nitrogens with zero attached hydrogens (tertiary/aromatic N) is 7. The fourth-order valence-electron chi connectivity index (χ4n) is 4.48. The summed E-state index contributed by atoms with van der Waals surface area (Å²) in [7, 11) is -3.33. The summed E-state index contributed by atoms with van der Waals surface area (Å²) in [5.74, 6) is 1.05. The lowest BCUT2D eigenvalue weighted by Crippen LogP contribution is -2.28. The molecule has 1 fully saturated rings. The molecule has 0 saturated heterocycles. The van der Waals surface area contributed by atoms with E-state index in [4.69, 9.17) is 4.98 Å². The molecule has 4 aromatic rings. The van der Waals surface area contributed by atoms with Crippen LogP contribution in [-0.2, 0) is 22.8 Å². The highest BCUT2D eigenvalue weighted by atomic mass is 32.2. The first-order valence-corrected chi connectivity index (χ1v) is 15.0. The Hall–Kier alpha value is -3.80. The molecule has 0 amide bonds. The molecule has 0 bridgehead atoms. The van der Waals surface area contributed by atoms with Gasteiger partial charge in [-0.25, -0.2) is 33.3 Å². The molecular weight excluding hydrogens is 516 g/mol. The van der Waals surface area contributed by atoms with Crippen LogP contribution in [0.2, 0.25) is 0 Å². The first-order chi connectivity index (χ1) is 18.8. The number of aryl methyl sites for hydroxylation is 1. The lowest BCUT2D eigenvalue weighted by Gasteiger charge is -2.18. The zero-order valence-electron chi connectivity index (χ0n) is 22.5. The topological polar surface area (TPSA) is 146 Å². The lowest BCUT2D eigenvalue weighted by molar-refractivity contribution is 0.526. The lowest BCUT2D eigenvalue weighted by atomic mass is 10.1. The van der Waals surface area contributed by atoms with Gasteiger partial charge in [-0.05, 0) is 44.7 Å². The summed E-state index contributed by atoms with van der Waals surface area (Å²) in [5, 5.41) is 3.08. The quantitative estimate of drug-likeness (QED) is 0.310. The van der Waals surface area contributed by atoms with Gasteiger partial charge >= 0.3 is 0 Å². The summed E-state index contributed by atoms with van der Waals surface area (Å²) in [6, 6.07) is 3.02. The third kappa shape index (κ3) is 5.25. The standard InChI is InChI=1S/C27H32N8O3S/c1-5-16(4)35-26-21(14-30-24(34-26)22-20(6-2)31-15-32-23(22)17-8-9-17)33-25(27(35)36)29-12-18-10-11-19(13-28-18)39(37,38)7-3/h10-11,13-17H,5-9,12H2,1-4H3,(H,29,33)/t16-/m0/s1. The van der Waals surface area contributed by atoms with E-state index in [1.54, 1.807) is 30.1 Å². The number of aromatic nitrogens is 7. The van der Waals surface area contributed by atoms with Gasteiger partial charge in [0, 0.05) is 18.2 Å². The first kappa shape index (κ1) is 26.8. The van der Waals surface area contributed by atoms with Crippen LogP contribution in [0.25, 0.3) is 22.6 Å². The Kier molecular flexibility index (Phi) is 7.39. The normalized spacial score (nSPS) is 14.5. The van der Waals surface area contributed by atoms with Gasteiger partial charge in [0.05, 0.1) is 46.0 Å². The predicted molar refractivity (Wildman–Crippen MR) is 148 cm³/mol. The summed E-state index contributed by atoms with van der Waals surface area (Å²) in [5.41, 5.74) is 3.95. The van der Waals surface area contributed by atoms with Gasteiger partial charge in [-0.2, -0.15) is 0 Å². The minimum Gasteiger partial charge on any atom is -0.360 e. The number of hydrogen-bond acceptors (Lipinski definition) is 10. The minimum absolute atomic E-state index is 0.00513. The van der Waals surface area contributed by atoms with Crippen LogP contribution in [0.3, 0.4) is 0 Å². The van der Waals surface area contributed by atoms with E-state index in [-0.39, 0.29) is 34.6 Å². The molecule has 4 aromatic heterocycles. The summed E-state index contributed by atoms with van der Waals surface area (Å²) in [4.78, 5) is 41.2. The van der Waals surface area contributed by atoms with Crippen LogP contribution >= 0.6 is 0 Å². The molecule has 0 aliphatic heterocycles. The molecule has 39 heavy (non-hydrogen) atoms. The zero-order valence-corrected chi connectivity index (χ0v) is 23.4. The molecule has 0 radical (unpaired) electrons. The van der Waals surface area contributed by atoms with Crippen LogP contribution in [0.1, 0.15) is 76.0 Å². The Morgan fingerprint density at radius 2 is 1.85 bits per heavy atom. The Morgan fingerprint density at radius 3 is 2.49 bits per heavy atom. The van der Waals surface area contributed by atoms with Gasteiger partial charge in [0.1, 0.15) is 11.8 Å². The van der Waals surface area contributed by atoms with Crippen LogP contribution in [0, 0.1) is 0 Å². The second-order valence-corrected chi connectivity index (χ2v) is 12.0. The van der Waals surface area contributed by atoms with Crippen LogP contribution < -0.4 is 10.9 Å². The van der Waals surface area contributed by atoms with Gasteiger partial charge in [-0.1, -0.05) is 20.8 Å². The van der Waals surface area contributed by atoms with Gasteiger partial charge in [0.25, 0.3) is 5.56 Å². The van der Waals surface area contributed by atoms with E-state index in [9.17, 15) is 13.2 Å². The van der Waals surface area contributed by atoms with Crippen LogP contribution in [-0.4, -0.2) is 48.6 Å². The molecule has 1 N–H and O–H groups in total. The summed E-state index contributed by atoms with van der Waals surface area (Å²) in [6.07, 6.45) is 8.20. The second kappa shape index (κ2) is 10.8. The molecule has 1 atom stereocenters. The summed E-state index contributed by atoms with van der Waals surface area (Å²) < 4.78 is 25.8. The third-order valence-corrected chi connectivity index (χ3v) is 8.83. The minimum atomic E-state index is -3.33. The highest BCUT2D eigenvalue weighted by molar-refractivity contribution is 7.91. The molecule has 204 valence electrons. The maximum Gasteiger partial charge on any atom is 0.295 e. The Balaban J connectivity index is 1.54. The van der Waals surface area contributed by atoms with Crippen molar-refractivity contribution >= 4 is 26.8 Å². The molecule has 1 aliphatic carbocycles. The van der Waals surface area contributed by atoms with Crippen molar-refractivity contribution in [1.29, 1.82) is 0 Å². The highest BCUT2D eigenvalue weighted by Gasteiger charge is 2.31. The molecule has 1 aliphatic rings. The van der Waals surface area contributed by atoms with Crippen molar-refractivity contribution in [3.05, 3.63) is 58.3 Å². The van der Waals surface area contributed by atoms with Gasteiger partial charge in [0.2, 0.25) is 0 Å². The highest BCUT2D eigenvalue weighted by Crippen LogP contribution is 2.43. The van der Waals surface area contributed by atoms with Gasteiger partial charge in [-0.3, -0.25) is 14.3 Å². The first-order valence-electron chi connectivity index (χ1n) is 13.3. The molecule has 1 saturated carbocycles. The number of pyridine rings is 1. The van der Waals surface area contributed by atoms with Crippen molar-refractivity contribution in [1.82, 2.24) is 34.5 Å². The fourth-order valence-corrected chi connectivity index (χ4v) is 5.31. The van der Waals surface area contributed by atoms with Crippen molar-refractivity contribution < 1.29 is 8.42 Å². The smallest absolute Gasteiger partial charge is 0.295 e. The largest absolute Gasteiger partial charge is 0.360 e. The van der Waals surface area contributed by atoms with Crippen LogP contribution in [0.5, 0.6) is 0 Å². The molecule has 0 aromatic carbocycles. The summed E-state index contributed by atoms with van der Waals surface area (Å²) >= 11 is 0. The summed E-state index contributed by atoms with van der Waals surface area (Å²) in [6.45, 7) is 7.82. The van der Waals surface area contributed by atoms with E-state index in [0.717, 1.165) is 36.2 Å². The number of hydrogen-bond donors (Lipinski definition) is 1. The third-order valence-electron chi connectivity index (χ3n) is 7.11. The van der Waals surface area contributed by atoms with Crippen LogP contribution in [0.15, 0.2) is 40.5 Å². The number of rotatable bonds is 10. The molecule has 12 heteroatoms. The van der Waals surface area contributed by atoms with Crippen molar-refractivity contribution in [2.75, 3.05) is 11.1 Å². The maximum absolute atomic E-state index is 13.6. The molecular formula is C27H32N8O3S. The van der Waals surface area contributed by atoms with E-state index in [1.165, 1.54) is 12.3 Å². The number of sulfone groups is 1. The van der Waals surface area contributed by atoms with E-state index < -0.39 is 9.84 Å². The van der Waals surface area contributed by atoms with Crippen molar-refractivity contribution in [3.63, 3.8) is 0 Å². The number of fused-ring (bicyclic) bond motifs is 1. The van der Waals surface area contributed by atoms with E-state index >= 15 is 0 Å².